The highest BCUT2D eigenvalue weighted by Gasteiger charge is 2.30. The first kappa shape index (κ1) is 10.9. The molecule has 6 heteroatoms. The Labute approximate surface area is 97.4 Å². The summed E-state index contributed by atoms with van der Waals surface area (Å²) in [6.07, 6.45) is 0. The zero-order valence-electron chi connectivity index (χ0n) is 8.90. The average molecular weight is 239 g/mol. The highest BCUT2D eigenvalue weighted by atomic mass is 32.1. The molecule has 1 aliphatic rings. The molecule has 0 radical (unpaired) electrons. The van der Waals surface area contributed by atoms with Crippen molar-refractivity contribution in [3.05, 3.63) is 22.4 Å². The van der Waals surface area contributed by atoms with Crippen LogP contribution in [0, 0.1) is 0 Å². The standard InChI is InChI=1S/C10H13N3O2S/c1-13-6-8(12-10(13)15)9(14)11-5-7-3-2-4-16-7/h2-4,8H,5-6H2,1H3,(H,11,14)(H,12,15). The van der Waals surface area contributed by atoms with Gasteiger partial charge in [0.1, 0.15) is 6.04 Å². The third-order valence-corrected chi connectivity index (χ3v) is 3.31. The van der Waals surface area contributed by atoms with E-state index in [4.69, 9.17) is 0 Å². The summed E-state index contributed by atoms with van der Waals surface area (Å²) >= 11 is 1.60. The van der Waals surface area contributed by atoms with Crippen LogP contribution in [-0.4, -0.2) is 36.5 Å². The molecule has 86 valence electrons. The lowest BCUT2D eigenvalue weighted by atomic mass is 10.3. The van der Waals surface area contributed by atoms with E-state index < -0.39 is 6.04 Å². The van der Waals surface area contributed by atoms with Crippen LogP contribution in [0.2, 0.25) is 0 Å². The number of thiophene rings is 1. The first-order valence-electron chi connectivity index (χ1n) is 4.98. The second-order valence-electron chi connectivity index (χ2n) is 3.68. The summed E-state index contributed by atoms with van der Waals surface area (Å²) in [5.74, 6) is -0.133. The third-order valence-electron chi connectivity index (χ3n) is 2.43. The molecule has 0 spiro atoms. The molecular formula is C10H13N3O2S. The highest BCUT2D eigenvalue weighted by Crippen LogP contribution is 2.08. The molecule has 2 rings (SSSR count). The van der Waals surface area contributed by atoms with E-state index in [-0.39, 0.29) is 11.9 Å². The van der Waals surface area contributed by atoms with Gasteiger partial charge < -0.3 is 15.5 Å². The van der Waals surface area contributed by atoms with Crippen LogP contribution < -0.4 is 10.6 Å². The van der Waals surface area contributed by atoms with E-state index in [9.17, 15) is 9.59 Å². The minimum atomic E-state index is -0.433. The molecule has 1 aromatic heterocycles. The minimum Gasteiger partial charge on any atom is -0.349 e. The quantitative estimate of drug-likeness (QED) is 0.801. The largest absolute Gasteiger partial charge is 0.349 e. The Hall–Kier alpha value is -1.56. The van der Waals surface area contributed by atoms with Gasteiger partial charge in [-0.3, -0.25) is 4.79 Å². The first-order valence-corrected chi connectivity index (χ1v) is 5.86. The molecule has 0 aromatic carbocycles. The maximum absolute atomic E-state index is 11.7. The topological polar surface area (TPSA) is 61.4 Å². The van der Waals surface area contributed by atoms with Crippen molar-refractivity contribution in [1.82, 2.24) is 15.5 Å². The molecule has 5 nitrogen and oxygen atoms in total. The monoisotopic (exact) mass is 239 g/mol. The van der Waals surface area contributed by atoms with Crippen LogP contribution >= 0.6 is 11.3 Å². The average Bonchev–Trinajstić information content (AvgIpc) is 2.86. The molecular weight excluding hydrogens is 226 g/mol. The van der Waals surface area contributed by atoms with Gasteiger partial charge in [0.05, 0.1) is 13.1 Å². The maximum atomic E-state index is 11.7. The summed E-state index contributed by atoms with van der Waals surface area (Å²) in [6.45, 7) is 0.946. The van der Waals surface area contributed by atoms with Gasteiger partial charge in [0.2, 0.25) is 5.91 Å². The van der Waals surface area contributed by atoms with E-state index in [0.29, 0.717) is 13.1 Å². The molecule has 1 saturated heterocycles. The summed E-state index contributed by atoms with van der Waals surface area (Å²) in [4.78, 5) is 25.4. The Morgan fingerprint density at radius 1 is 1.75 bits per heavy atom. The van der Waals surface area contributed by atoms with Crippen LogP contribution in [0.3, 0.4) is 0 Å². The predicted octanol–water partition coefficient (Wildman–Crippen LogP) is 0.388. The fourth-order valence-electron chi connectivity index (χ4n) is 1.52. The number of carbonyl (C=O) groups excluding carboxylic acids is 2. The van der Waals surface area contributed by atoms with Crippen LogP contribution in [0.5, 0.6) is 0 Å². The van der Waals surface area contributed by atoms with Crippen molar-refractivity contribution >= 4 is 23.3 Å². The third kappa shape index (κ3) is 2.33. The normalized spacial score (nSPS) is 19.7. The van der Waals surface area contributed by atoms with Crippen molar-refractivity contribution < 1.29 is 9.59 Å². The SMILES string of the molecule is CN1CC(C(=O)NCc2cccs2)NC1=O. The molecule has 1 fully saturated rings. The van der Waals surface area contributed by atoms with E-state index in [0.717, 1.165) is 4.88 Å². The zero-order valence-corrected chi connectivity index (χ0v) is 9.71. The van der Waals surface area contributed by atoms with E-state index in [1.165, 1.54) is 4.90 Å². The van der Waals surface area contributed by atoms with Gasteiger partial charge in [0.25, 0.3) is 0 Å². The zero-order chi connectivity index (χ0) is 11.5. The molecule has 2 N–H and O–H groups in total. The maximum Gasteiger partial charge on any atom is 0.317 e. The lowest BCUT2D eigenvalue weighted by Gasteiger charge is -2.09. The van der Waals surface area contributed by atoms with Gasteiger partial charge in [-0.05, 0) is 11.4 Å². The first-order chi connectivity index (χ1) is 7.66. The summed E-state index contributed by atoms with van der Waals surface area (Å²) in [7, 11) is 1.67. The van der Waals surface area contributed by atoms with Gasteiger partial charge in [0.15, 0.2) is 0 Å². The number of carbonyl (C=O) groups is 2. The number of hydrogen-bond acceptors (Lipinski definition) is 3. The van der Waals surface area contributed by atoms with Crippen molar-refractivity contribution in [3.63, 3.8) is 0 Å². The summed E-state index contributed by atoms with van der Waals surface area (Å²) in [5, 5.41) is 7.37. The number of hydrogen-bond donors (Lipinski definition) is 2. The highest BCUT2D eigenvalue weighted by molar-refractivity contribution is 7.09. The molecule has 1 atom stereocenters. The summed E-state index contributed by atoms with van der Waals surface area (Å²) in [5.41, 5.74) is 0. The van der Waals surface area contributed by atoms with E-state index in [1.54, 1.807) is 18.4 Å². The Balaban J connectivity index is 1.83. The van der Waals surface area contributed by atoms with Crippen LogP contribution in [0.15, 0.2) is 17.5 Å². The Bertz CT molecular complexity index is 391. The van der Waals surface area contributed by atoms with Crippen molar-refractivity contribution in [2.75, 3.05) is 13.6 Å². The lowest BCUT2D eigenvalue weighted by molar-refractivity contribution is -0.122. The Morgan fingerprint density at radius 3 is 3.12 bits per heavy atom. The van der Waals surface area contributed by atoms with Gasteiger partial charge >= 0.3 is 6.03 Å². The van der Waals surface area contributed by atoms with Crippen LogP contribution in [0.4, 0.5) is 4.79 Å². The number of likely N-dealkylation sites (N-methyl/N-ethyl adjacent to an activating group) is 1. The summed E-state index contributed by atoms with van der Waals surface area (Å²) in [6, 6.07) is 3.27. The van der Waals surface area contributed by atoms with Crippen molar-refractivity contribution in [1.29, 1.82) is 0 Å². The molecule has 3 amide bonds. The van der Waals surface area contributed by atoms with Gasteiger partial charge in [-0.1, -0.05) is 6.07 Å². The summed E-state index contributed by atoms with van der Waals surface area (Å²) < 4.78 is 0. The second kappa shape index (κ2) is 4.52. The molecule has 1 aromatic rings. The van der Waals surface area contributed by atoms with Crippen LogP contribution in [-0.2, 0) is 11.3 Å². The molecule has 16 heavy (non-hydrogen) atoms. The number of urea groups is 1. The van der Waals surface area contributed by atoms with Crippen LogP contribution in [0.25, 0.3) is 0 Å². The predicted molar refractivity (Wildman–Crippen MR) is 61.1 cm³/mol. The number of amides is 3. The molecule has 1 unspecified atom stereocenters. The van der Waals surface area contributed by atoms with Gasteiger partial charge in [-0.2, -0.15) is 0 Å². The molecule has 1 aliphatic heterocycles. The molecule has 2 heterocycles. The van der Waals surface area contributed by atoms with Gasteiger partial charge in [-0.25, -0.2) is 4.79 Å². The Kier molecular flexibility index (Phi) is 3.09. The van der Waals surface area contributed by atoms with E-state index in [1.807, 2.05) is 17.5 Å². The van der Waals surface area contributed by atoms with Crippen molar-refractivity contribution in [2.24, 2.45) is 0 Å². The van der Waals surface area contributed by atoms with Gasteiger partial charge in [0, 0.05) is 11.9 Å². The van der Waals surface area contributed by atoms with Crippen molar-refractivity contribution in [3.8, 4) is 0 Å². The molecule has 0 saturated carbocycles. The van der Waals surface area contributed by atoms with Crippen molar-refractivity contribution in [2.45, 2.75) is 12.6 Å². The lowest BCUT2D eigenvalue weighted by Crippen LogP contribution is -2.42. The molecule has 0 aliphatic carbocycles. The van der Waals surface area contributed by atoms with Crippen LogP contribution in [0.1, 0.15) is 4.88 Å². The fraction of sp³-hybridized carbons (Fsp3) is 0.400. The van der Waals surface area contributed by atoms with Gasteiger partial charge in [-0.15, -0.1) is 11.3 Å². The fourth-order valence-corrected chi connectivity index (χ4v) is 2.17. The molecule has 0 bridgehead atoms. The minimum absolute atomic E-state index is 0.133. The number of nitrogens with zero attached hydrogens (tertiary/aromatic N) is 1. The van der Waals surface area contributed by atoms with E-state index in [2.05, 4.69) is 10.6 Å². The smallest absolute Gasteiger partial charge is 0.317 e. The second-order valence-corrected chi connectivity index (χ2v) is 4.71. The number of rotatable bonds is 3. The Morgan fingerprint density at radius 2 is 2.56 bits per heavy atom. The number of nitrogens with one attached hydrogen (secondary N) is 2. The van der Waals surface area contributed by atoms with E-state index >= 15 is 0 Å².